The number of aromatic nitrogens is 2. The number of methoxy groups -OCH3 is 1. The highest BCUT2D eigenvalue weighted by Crippen LogP contribution is 2.49. The number of alkyl halides is 3. The number of ether oxygens (including phenoxy) is 1. The van der Waals surface area contributed by atoms with E-state index < -0.39 is 23.2 Å². The number of halogens is 3. The first-order valence-electron chi connectivity index (χ1n) is 10.1. The van der Waals surface area contributed by atoms with Gasteiger partial charge in [-0.3, -0.25) is 0 Å². The lowest BCUT2D eigenvalue weighted by molar-refractivity contribution is -0.137. The Morgan fingerprint density at radius 1 is 1.24 bits per heavy atom. The number of anilines is 2. The third-order valence-electron chi connectivity index (χ3n) is 5.32. The number of aromatic carboxylic acids is 1. The molecule has 0 unspecified atom stereocenters. The van der Waals surface area contributed by atoms with E-state index in [1.807, 2.05) is 0 Å². The number of rotatable bonds is 9. The van der Waals surface area contributed by atoms with Gasteiger partial charge in [-0.2, -0.15) is 18.2 Å². The Balaban J connectivity index is 1.77. The maximum absolute atomic E-state index is 13.2. The Morgan fingerprint density at radius 3 is 2.64 bits per heavy atom. The molecule has 3 aromatic rings. The minimum Gasteiger partial charge on any atom is -0.477 e. The largest absolute Gasteiger partial charge is 0.477 e. The van der Waals surface area contributed by atoms with Gasteiger partial charge in [0, 0.05) is 13.7 Å². The number of carboxylic acids is 1. The Labute approximate surface area is 186 Å². The molecule has 0 saturated heterocycles. The Kier molecular flexibility index (Phi) is 5.98. The molecule has 4 rings (SSSR count). The van der Waals surface area contributed by atoms with Crippen LogP contribution in [0.5, 0.6) is 0 Å². The fourth-order valence-corrected chi connectivity index (χ4v) is 3.52. The van der Waals surface area contributed by atoms with Crippen molar-refractivity contribution in [3.05, 3.63) is 59.4 Å². The van der Waals surface area contributed by atoms with Gasteiger partial charge in [0.15, 0.2) is 5.76 Å². The fraction of sp³-hybridized carbons (Fsp3) is 0.318. The van der Waals surface area contributed by atoms with E-state index in [1.54, 1.807) is 18.2 Å². The number of carboxylic acid groups (broad SMARTS) is 1. The summed E-state index contributed by atoms with van der Waals surface area (Å²) in [6.45, 7) is 0.718. The van der Waals surface area contributed by atoms with Crippen LogP contribution >= 0.6 is 0 Å². The predicted molar refractivity (Wildman–Crippen MR) is 113 cm³/mol. The van der Waals surface area contributed by atoms with E-state index in [1.165, 1.54) is 19.4 Å². The Morgan fingerprint density at radius 2 is 2.03 bits per heavy atom. The second-order valence-electron chi connectivity index (χ2n) is 7.61. The molecule has 1 saturated carbocycles. The molecule has 1 aliphatic carbocycles. The topological polar surface area (TPSA) is 110 Å². The average Bonchev–Trinajstić information content (AvgIpc) is 3.34. The monoisotopic (exact) mass is 462 g/mol. The summed E-state index contributed by atoms with van der Waals surface area (Å²) in [4.78, 5) is 20.8. The van der Waals surface area contributed by atoms with Crippen LogP contribution in [0.3, 0.4) is 0 Å². The summed E-state index contributed by atoms with van der Waals surface area (Å²) in [7, 11) is 1.53. The van der Waals surface area contributed by atoms with Gasteiger partial charge in [-0.1, -0.05) is 12.1 Å². The van der Waals surface area contributed by atoms with Gasteiger partial charge >= 0.3 is 12.1 Å². The minimum absolute atomic E-state index is 0.0151. The van der Waals surface area contributed by atoms with Crippen LogP contribution in [0.2, 0.25) is 0 Å². The van der Waals surface area contributed by atoms with Crippen molar-refractivity contribution >= 4 is 17.7 Å². The summed E-state index contributed by atoms with van der Waals surface area (Å²) in [6, 6.07) is 8.16. The minimum atomic E-state index is -4.49. The zero-order valence-electron chi connectivity index (χ0n) is 17.6. The molecule has 3 N–H and O–H groups in total. The van der Waals surface area contributed by atoms with Crippen LogP contribution in [0.25, 0.3) is 11.5 Å². The maximum Gasteiger partial charge on any atom is 0.416 e. The number of benzene rings is 1. The molecule has 1 aliphatic rings. The lowest BCUT2D eigenvalue weighted by Gasteiger charge is -2.22. The highest BCUT2D eigenvalue weighted by Gasteiger charge is 2.46. The van der Waals surface area contributed by atoms with Crippen molar-refractivity contribution in [1.29, 1.82) is 0 Å². The normalized spacial score (nSPS) is 14.7. The molecule has 0 aliphatic heterocycles. The molecular formula is C22H21F3N4O4. The average molecular weight is 462 g/mol. The Bertz CT molecular complexity index is 1150. The first kappa shape index (κ1) is 22.6. The van der Waals surface area contributed by atoms with E-state index in [0.717, 1.165) is 12.1 Å². The maximum atomic E-state index is 13.2. The van der Waals surface area contributed by atoms with Crippen molar-refractivity contribution in [2.24, 2.45) is 0 Å². The zero-order valence-corrected chi connectivity index (χ0v) is 17.6. The number of hydrogen-bond donors (Lipinski definition) is 3. The van der Waals surface area contributed by atoms with Crippen molar-refractivity contribution in [3.8, 4) is 11.5 Å². The molecule has 0 spiro atoms. The third-order valence-corrected chi connectivity index (χ3v) is 5.32. The number of hydrogen-bond acceptors (Lipinski definition) is 7. The number of nitrogens with one attached hydrogen (secondary N) is 2. The van der Waals surface area contributed by atoms with E-state index in [9.17, 15) is 23.1 Å². The molecule has 2 aromatic heterocycles. The Hall–Kier alpha value is -3.60. The molecule has 0 radical (unpaired) electrons. The highest BCUT2D eigenvalue weighted by molar-refractivity contribution is 5.99. The second-order valence-corrected chi connectivity index (χ2v) is 7.61. The van der Waals surface area contributed by atoms with Gasteiger partial charge in [0.05, 0.1) is 24.0 Å². The van der Waals surface area contributed by atoms with E-state index in [0.29, 0.717) is 31.6 Å². The van der Waals surface area contributed by atoms with Crippen molar-refractivity contribution in [2.45, 2.75) is 24.6 Å². The summed E-state index contributed by atoms with van der Waals surface area (Å²) in [5.74, 6) is -0.965. The van der Waals surface area contributed by atoms with Crippen LogP contribution in [0, 0.1) is 0 Å². The summed E-state index contributed by atoms with van der Waals surface area (Å²) in [5, 5.41) is 16.0. The standard InChI is InChI=1S/C22H21F3N4O4/c1-32-11-9-26-20-27-17(15-6-3-10-33-15)16(19(30)31)18(28-20)29-21(7-8-21)13-4-2-5-14(12-13)22(23,24)25/h2-6,10,12H,7-9,11H2,1H3,(H,30,31)(H2,26,27,28,29). The van der Waals surface area contributed by atoms with Crippen LogP contribution < -0.4 is 10.6 Å². The number of furan rings is 1. The van der Waals surface area contributed by atoms with Gasteiger partial charge in [0.25, 0.3) is 0 Å². The molecule has 0 amide bonds. The first-order chi connectivity index (χ1) is 15.7. The number of nitrogens with zero attached hydrogens (tertiary/aromatic N) is 2. The van der Waals surface area contributed by atoms with Crippen LogP contribution in [-0.2, 0) is 16.5 Å². The molecule has 1 fully saturated rings. The van der Waals surface area contributed by atoms with Crippen LogP contribution in [0.4, 0.5) is 24.9 Å². The van der Waals surface area contributed by atoms with Crippen LogP contribution in [0.15, 0.2) is 47.1 Å². The third kappa shape index (κ3) is 4.77. The van der Waals surface area contributed by atoms with Gasteiger partial charge in [-0.15, -0.1) is 0 Å². The van der Waals surface area contributed by atoms with Gasteiger partial charge in [0.2, 0.25) is 5.95 Å². The van der Waals surface area contributed by atoms with Gasteiger partial charge in [0.1, 0.15) is 17.1 Å². The molecule has 174 valence electrons. The summed E-state index contributed by atoms with van der Waals surface area (Å²) in [5.41, 5.74) is -1.43. The van der Waals surface area contributed by atoms with Crippen LogP contribution in [0.1, 0.15) is 34.3 Å². The lowest BCUT2D eigenvalue weighted by Crippen LogP contribution is -2.24. The molecular weight excluding hydrogens is 441 g/mol. The smallest absolute Gasteiger partial charge is 0.416 e. The SMILES string of the molecule is COCCNc1nc(NC2(c3cccc(C(F)(F)F)c3)CC2)c(C(=O)O)c(-c2ccco2)n1. The predicted octanol–water partition coefficient (Wildman–Crippen LogP) is 4.61. The molecule has 0 bridgehead atoms. The molecule has 33 heavy (non-hydrogen) atoms. The molecule has 1 aromatic carbocycles. The molecule has 11 heteroatoms. The molecule has 0 atom stereocenters. The summed E-state index contributed by atoms with van der Waals surface area (Å²) in [6.07, 6.45) is -2.07. The molecule has 8 nitrogen and oxygen atoms in total. The highest BCUT2D eigenvalue weighted by atomic mass is 19.4. The van der Waals surface area contributed by atoms with Crippen molar-refractivity contribution < 1.29 is 32.2 Å². The summed E-state index contributed by atoms with van der Waals surface area (Å²) < 4.78 is 50.1. The van der Waals surface area contributed by atoms with Gasteiger partial charge in [-0.25, -0.2) is 9.78 Å². The number of carbonyl (C=O) groups is 1. The van der Waals surface area contributed by atoms with Crippen LogP contribution in [-0.4, -0.2) is 41.3 Å². The van der Waals surface area contributed by atoms with Gasteiger partial charge in [-0.05, 0) is 42.7 Å². The van der Waals surface area contributed by atoms with E-state index in [2.05, 4.69) is 20.6 Å². The summed E-state index contributed by atoms with van der Waals surface area (Å²) >= 11 is 0. The lowest BCUT2D eigenvalue weighted by atomic mass is 10.0. The van der Waals surface area contributed by atoms with Crippen molar-refractivity contribution in [2.75, 3.05) is 30.9 Å². The molecule has 2 heterocycles. The van der Waals surface area contributed by atoms with Crippen molar-refractivity contribution in [3.63, 3.8) is 0 Å². The van der Waals surface area contributed by atoms with E-state index in [-0.39, 0.29) is 28.8 Å². The van der Waals surface area contributed by atoms with Crippen molar-refractivity contribution in [1.82, 2.24) is 9.97 Å². The quantitative estimate of drug-likeness (QED) is 0.396. The van der Waals surface area contributed by atoms with Gasteiger partial charge < -0.3 is 24.9 Å². The first-order valence-corrected chi connectivity index (χ1v) is 10.1. The fourth-order valence-electron chi connectivity index (χ4n) is 3.52. The second kappa shape index (κ2) is 8.74. The van der Waals surface area contributed by atoms with E-state index >= 15 is 0 Å². The zero-order chi connectivity index (χ0) is 23.6. The van der Waals surface area contributed by atoms with E-state index in [4.69, 9.17) is 9.15 Å².